The van der Waals surface area contributed by atoms with Crippen LogP contribution in [-0.2, 0) is 4.79 Å². The Balaban J connectivity index is 2.52. The van der Waals surface area contributed by atoms with Gasteiger partial charge in [-0.05, 0) is 45.6 Å². The molecule has 1 atom stereocenters. The Bertz CT molecular complexity index is 367. The second-order valence-corrected chi connectivity index (χ2v) is 6.11. The topological polar surface area (TPSA) is 52.6 Å². The largest absolute Gasteiger partial charge is 0.390 e. The van der Waals surface area contributed by atoms with Crippen LogP contribution in [0.1, 0.15) is 52.9 Å². The number of amides is 1. The molecule has 1 aliphatic heterocycles. The van der Waals surface area contributed by atoms with Gasteiger partial charge in [0.15, 0.2) is 0 Å². The number of nitrogens with one attached hydrogen (secondary N) is 1. The third kappa shape index (κ3) is 4.81. The maximum atomic E-state index is 12.2. The van der Waals surface area contributed by atoms with E-state index < -0.39 is 11.1 Å². The lowest BCUT2D eigenvalue weighted by atomic mass is 9.94. The van der Waals surface area contributed by atoms with E-state index in [0.717, 1.165) is 38.8 Å². The van der Waals surface area contributed by atoms with Crippen molar-refractivity contribution in [2.75, 3.05) is 19.6 Å². The highest BCUT2D eigenvalue weighted by Gasteiger charge is 2.28. The highest BCUT2D eigenvalue weighted by Crippen LogP contribution is 2.21. The summed E-state index contributed by atoms with van der Waals surface area (Å²) in [6.07, 6.45) is 9.46. The zero-order valence-electron chi connectivity index (χ0n) is 13.0. The van der Waals surface area contributed by atoms with Crippen LogP contribution in [-0.4, -0.2) is 46.7 Å². The molecule has 1 unspecified atom stereocenters. The smallest absolute Gasteiger partial charge is 0.235 e. The summed E-state index contributed by atoms with van der Waals surface area (Å²) in [5, 5.41) is 13.0. The molecule has 114 valence electrons. The lowest BCUT2D eigenvalue weighted by Gasteiger charge is -2.29. The summed E-state index contributed by atoms with van der Waals surface area (Å²) in [5.74, 6) is 2.70. The van der Waals surface area contributed by atoms with Gasteiger partial charge >= 0.3 is 0 Å². The number of aliphatic hydroxyl groups is 1. The number of nitrogens with zero attached hydrogens (tertiary/aromatic N) is 1. The zero-order chi connectivity index (χ0) is 15.2. The molecule has 0 aliphatic carbocycles. The lowest BCUT2D eigenvalue weighted by molar-refractivity contribution is -0.123. The molecule has 0 radical (unpaired) electrons. The number of carbonyl (C=O) groups is 1. The molecule has 1 saturated heterocycles. The van der Waals surface area contributed by atoms with Gasteiger partial charge in [0.1, 0.15) is 5.54 Å². The molecule has 0 spiro atoms. The molecule has 0 bridgehead atoms. The molecule has 0 aromatic rings. The predicted molar refractivity (Wildman–Crippen MR) is 81.2 cm³/mol. The Morgan fingerprint density at radius 1 is 1.40 bits per heavy atom. The SMILES string of the molecule is C#CC(CC)(CC)NC(=O)CN1CCCC(C)(O)CC1. The van der Waals surface area contributed by atoms with Crippen molar-refractivity contribution in [3.05, 3.63) is 0 Å². The van der Waals surface area contributed by atoms with Crippen LogP contribution in [0.25, 0.3) is 0 Å². The van der Waals surface area contributed by atoms with Crippen LogP contribution in [0, 0.1) is 12.3 Å². The average Bonchev–Trinajstić information content (AvgIpc) is 2.58. The van der Waals surface area contributed by atoms with Crippen LogP contribution in [0.4, 0.5) is 0 Å². The summed E-state index contributed by atoms with van der Waals surface area (Å²) in [6.45, 7) is 7.82. The van der Waals surface area contributed by atoms with Gasteiger partial charge in [0.2, 0.25) is 5.91 Å². The van der Waals surface area contributed by atoms with Gasteiger partial charge in [-0.2, -0.15) is 0 Å². The van der Waals surface area contributed by atoms with Crippen LogP contribution in [0.2, 0.25) is 0 Å². The van der Waals surface area contributed by atoms with E-state index in [4.69, 9.17) is 6.42 Å². The predicted octanol–water partition coefficient (Wildman–Crippen LogP) is 1.53. The van der Waals surface area contributed by atoms with Crippen molar-refractivity contribution in [3.63, 3.8) is 0 Å². The molecule has 1 aliphatic rings. The molecule has 1 heterocycles. The normalized spacial score (nSPS) is 24.8. The van der Waals surface area contributed by atoms with E-state index in [1.165, 1.54) is 0 Å². The number of carbonyl (C=O) groups excluding carboxylic acids is 1. The lowest BCUT2D eigenvalue weighted by Crippen LogP contribution is -2.50. The fourth-order valence-electron chi connectivity index (χ4n) is 2.65. The summed E-state index contributed by atoms with van der Waals surface area (Å²) in [6, 6.07) is 0. The molecular formula is C16H28N2O2. The van der Waals surface area contributed by atoms with Crippen LogP contribution in [0.5, 0.6) is 0 Å². The summed E-state index contributed by atoms with van der Waals surface area (Å²) < 4.78 is 0. The molecule has 0 aromatic carbocycles. The van der Waals surface area contributed by atoms with E-state index in [1.54, 1.807) is 0 Å². The van der Waals surface area contributed by atoms with Crippen molar-refractivity contribution < 1.29 is 9.90 Å². The van der Waals surface area contributed by atoms with Crippen LogP contribution in [0.15, 0.2) is 0 Å². The maximum absolute atomic E-state index is 12.2. The van der Waals surface area contributed by atoms with E-state index in [0.29, 0.717) is 13.0 Å². The standard InChI is InChI=1S/C16H28N2O2/c1-5-16(6-2,7-3)17-14(19)13-18-11-8-9-15(4,20)10-12-18/h1,20H,6-13H2,2-4H3,(H,17,19). The van der Waals surface area contributed by atoms with Gasteiger partial charge in [0, 0.05) is 6.54 Å². The van der Waals surface area contributed by atoms with Crippen molar-refractivity contribution in [3.8, 4) is 12.3 Å². The minimum Gasteiger partial charge on any atom is -0.390 e. The van der Waals surface area contributed by atoms with Crippen LogP contribution < -0.4 is 5.32 Å². The molecular weight excluding hydrogens is 252 g/mol. The zero-order valence-corrected chi connectivity index (χ0v) is 13.0. The summed E-state index contributed by atoms with van der Waals surface area (Å²) in [5.41, 5.74) is -1.12. The first-order valence-electron chi connectivity index (χ1n) is 7.60. The van der Waals surface area contributed by atoms with E-state index in [1.807, 2.05) is 20.8 Å². The third-order valence-corrected chi connectivity index (χ3v) is 4.39. The Morgan fingerprint density at radius 2 is 2.05 bits per heavy atom. The summed E-state index contributed by atoms with van der Waals surface area (Å²) in [4.78, 5) is 14.3. The Morgan fingerprint density at radius 3 is 2.60 bits per heavy atom. The van der Waals surface area contributed by atoms with E-state index in [2.05, 4.69) is 16.1 Å². The van der Waals surface area contributed by atoms with E-state index in [-0.39, 0.29) is 5.91 Å². The Kier molecular flexibility index (Phi) is 6.04. The van der Waals surface area contributed by atoms with Crippen molar-refractivity contribution >= 4 is 5.91 Å². The van der Waals surface area contributed by atoms with Gasteiger partial charge in [-0.25, -0.2) is 0 Å². The summed E-state index contributed by atoms with van der Waals surface area (Å²) in [7, 11) is 0. The van der Waals surface area contributed by atoms with Gasteiger partial charge in [-0.1, -0.05) is 19.8 Å². The number of rotatable bonds is 5. The Labute approximate surface area is 122 Å². The van der Waals surface area contributed by atoms with Gasteiger partial charge in [0.25, 0.3) is 0 Å². The fraction of sp³-hybridized carbons (Fsp3) is 0.812. The minimum atomic E-state index is -0.597. The van der Waals surface area contributed by atoms with Crippen molar-refractivity contribution in [1.82, 2.24) is 10.2 Å². The molecule has 20 heavy (non-hydrogen) atoms. The van der Waals surface area contributed by atoms with Gasteiger partial charge in [-0.3, -0.25) is 9.69 Å². The van der Waals surface area contributed by atoms with Crippen molar-refractivity contribution in [1.29, 1.82) is 0 Å². The highest BCUT2D eigenvalue weighted by molar-refractivity contribution is 5.79. The van der Waals surface area contributed by atoms with Gasteiger partial charge in [0.05, 0.1) is 12.1 Å². The average molecular weight is 280 g/mol. The first-order chi connectivity index (χ1) is 9.36. The monoisotopic (exact) mass is 280 g/mol. The van der Waals surface area contributed by atoms with Crippen LogP contribution in [0.3, 0.4) is 0 Å². The maximum Gasteiger partial charge on any atom is 0.235 e. The molecule has 1 rings (SSSR count). The minimum absolute atomic E-state index is 0.0202. The number of hydrogen-bond acceptors (Lipinski definition) is 3. The van der Waals surface area contributed by atoms with E-state index >= 15 is 0 Å². The highest BCUT2D eigenvalue weighted by atomic mass is 16.3. The van der Waals surface area contributed by atoms with Crippen LogP contribution >= 0.6 is 0 Å². The second kappa shape index (κ2) is 7.10. The number of hydrogen-bond donors (Lipinski definition) is 2. The summed E-state index contributed by atoms with van der Waals surface area (Å²) >= 11 is 0. The first-order valence-corrected chi connectivity index (χ1v) is 7.60. The van der Waals surface area contributed by atoms with Gasteiger partial charge < -0.3 is 10.4 Å². The number of terminal acetylenes is 1. The van der Waals surface area contributed by atoms with E-state index in [9.17, 15) is 9.90 Å². The molecule has 2 N–H and O–H groups in total. The quantitative estimate of drug-likeness (QED) is 0.751. The third-order valence-electron chi connectivity index (χ3n) is 4.39. The Hall–Kier alpha value is -1.05. The molecule has 4 heteroatoms. The molecule has 0 saturated carbocycles. The molecule has 0 aromatic heterocycles. The number of likely N-dealkylation sites (tertiary alicyclic amines) is 1. The fourth-order valence-corrected chi connectivity index (χ4v) is 2.65. The molecule has 1 fully saturated rings. The second-order valence-electron chi connectivity index (χ2n) is 6.11. The van der Waals surface area contributed by atoms with Crippen molar-refractivity contribution in [2.45, 2.75) is 64.0 Å². The molecule has 1 amide bonds. The molecule has 4 nitrogen and oxygen atoms in total. The van der Waals surface area contributed by atoms with Gasteiger partial charge in [-0.15, -0.1) is 6.42 Å². The van der Waals surface area contributed by atoms with Crippen molar-refractivity contribution in [2.24, 2.45) is 0 Å². The first kappa shape index (κ1) is 17.0.